The second kappa shape index (κ2) is 6.06. The Balaban J connectivity index is 2.47. The average molecular weight is 329 g/mol. The van der Waals surface area contributed by atoms with Crippen LogP contribution in [0.1, 0.15) is 6.92 Å². The second-order valence-corrected chi connectivity index (χ2v) is 5.32. The Morgan fingerprint density at radius 3 is 2.81 bits per heavy atom. The van der Waals surface area contributed by atoms with Gasteiger partial charge in [-0.25, -0.2) is 4.79 Å². The van der Waals surface area contributed by atoms with Crippen molar-refractivity contribution in [2.45, 2.75) is 6.92 Å². The SMILES string of the molecule is CCOC(=O)C(=O)Nc1c([N+](=O)[O-])sc2ccc(Cl)cc12. The lowest BCUT2D eigenvalue weighted by molar-refractivity contribution is -0.379. The molecule has 0 bridgehead atoms. The van der Waals surface area contributed by atoms with Gasteiger partial charge in [0.05, 0.1) is 11.5 Å². The second-order valence-electron chi connectivity index (χ2n) is 3.85. The molecule has 0 radical (unpaired) electrons. The average Bonchev–Trinajstić information content (AvgIpc) is 2.77. The zero-order chi connectivity index (χ0) is 15.6. The van der Waals surface area contributed by atoms with Crippen molar-refractivity contribution in [3.8, 4) is 0 Å². The maximum Gasteiger partial charge on any atom is 0.397 e. The van der Waals surface area contributed by atoms with E-state index in [-0.39, 0.29) is 17.3 Å². The molecule has 1 aromatic carbocycles. The molecule has 0 unspecified atom stereocenters. The fourth-order valence-electron chi connectivity index (χ4n) is 1.67. The van der Waals surface area contributed by atoms with Gasteiger partial charge in [-0.2, -0.15) is 0 Å². The van der Waals surface area contributed by atoms with Crippen molar-refractivity contribution >= 4 is 55.6 Å². The highest BCUT2D eigenvalue weighted by molar-refractivity contribution is 7.23. The smallest absolute Gasteiger partial charge is 0.397 e. The molecule has 2 rings (SSSR count). The molecule has 110 valence electrons. The Morgan fingerprint density at radius 2 is 2.19 bits per heavy atom. The quantitative estimate of drug-likeness (QED) is 0.404. The lowest BCUT2D eigenvalue weighted by Gasteiger charge is -2.03. The number of nitro groups is 1. The van der Waals surface area contributed by atoms with E-state index in [4.69, 9.17) is 11.6 Å². The van der Waals surface area contributed by atoms with Gasteiger partial charge in [0, 0.05) is 15.1 Å². The van der Waals surface area contributed by atoms with Crippen LogP contribution in [-0.4, -0.2) is 23.4 Å². The molecule has 0 saturated heterocycles. The number of hydrogen-bond acceptors (Lipinski definition) is 6. The third-order valence-corrected chi connectivity index (χ3v) is 3.85. The Bertz CT molecular complexity index is 743. The van der Waals surface area contributed by atoms with Crippen LogP contribution in [0.25, 0.3) is 10.1 Å². The molecule has 9 heteroatoms. The molecule has 1 amide bonds. The van der Waals surface area contributed by atoms with Crippen LogP contribution in [0.3, 0.4) is 0 Å². The van der Waals surface area contributed by atoms with Crippen LogP contribution < -0.4 is 5.32 Å². The maximum atomic E-state index is 11.7. The van der Waals surface area contributed by atoms with Crippen LogP contribution in [0.2, 0.25) is 5.02 Å². The number of benzene rings is 1. The molecule has 7 nitrogen and oxygen atoms in total. The van der Waals surface area contributed by atoms with Crippen LogP contribution in [0.4, 0.5) is 10.7 Å². The summed E-state index contributed by atoms with van der Waals surface area (Å²) in [5, 5.41) is 13.8. The molecular formula is C12H9ClN2O5S. The molecule has 1 aromatic heterocycles. The van der Waals surface area contributed by atoms with Gasteiger partial charge >= 0.3 is 16.9 Å². The highest BCUT2D eigenvalue weighted by Crippen LogP contribution is 2.42. The van der Waals surface area contributed by atoms with Gasteiger partial charge in [0.1, 0.15) is 5.69 Å². The van der Waals surface area contributed by atoms with Crippen LogP contribution in [0.15, 0.2) is 18.2 Å². The third kappa shape index (κ3) is 3.11. The van der Waals surface area contributed by atoms with E-state index in [9.17, 15) is 19.7 Å². The van der Waals surface area contributed by atoms with Gasteiger partial charge in [0.2, 0.25) is 0 Å². The highest BCUT2D eigenvalue weighted by Gasteiger charge is 2.26. The van der Waals surface area contributed by atoms with Crippen molar-refractivity contribution in [3.63, 3.8) is 0 Å². The fourth-order valence-corrected chi connectivity index (χ4v) is 2.79. The fraction of sp³-hybridized carbons (Fsp3) is 0.167. The van der Waals surface area contributed by atoms with Gasteiger partial charge in [0.15, 0.2) is 0 Å². The summed E-state index contributed by atoms with van der Waals surface area (Å²) in [6.07, 6.45) is 0. The maximum absolute atomic E-state index is 11.7. The predicted molar refractivity (Wildman–Crippen MR) is 78.8 cm³/mol. The molecule has 0 spiro atoms. The van der Waals surface area contributed by atoms with Crippen molar-refractivity contribution in [2.24, 2.45) is 0 Å². The molecular weight excluding hydrogens is 320 g/mol. The summed E-state index contributed by atoms with van der Waals surface area (Å²) in [5.74, 6) is -2.17. The van der Waals surface area contributed by atoms with Crippen molar-refractivity contribution in [2.75, 3.05) is 11.9 Å². The summed E-state index contributed by atoms with van der Waals surface area (Å²) in [6.45, 7) is 1.58. The van der Waals surface area contributed by atoms with E-state index in [0.717, 1.165) is 11.3 Å². The van der Waals surface area contributed by atoms with Gasteiger partial charge in [-0.15, -0.1) is 0 Å². The summed E-state index contributed by atoms with van der Waals surface area (Å²) in [5.41, 5.74) is -0.0550. The van der Waals surface area contributed by atoms with Crippen LogP contribution in [-0.2, 0) is 14.3 Å². The number of hydrogen-bond donors (Lipinski definition) is 1. The first-order chi connectivity index (χ1) is 9.93. The van der Waals surface area contributed by atoms with Crippen molar-refractivity contribution in [3.05, 3.63) is 33.3 Å². The number of anilines is 1. The first-order valence-electron chi connectivity index (χ1n) is 5.78. The zero-order valence-electron chi connectivity index (χ0n) is 10.7. The third-order valence-electron chi connectivity index (χ3n) is 2.50. The van der Waals surface area contributed by atoms with Crippen molar-refractivity contribution in [1.29, 1.82) is 0 Å². The monoisotopic (exact) mass is 328 g/mol. The summed E-state index contributed by atoms with van der Waals surface area (Å²) < 4.78 is 5.12. The van der Waals surface area contributed by atoms with E-state index >= 15 is 0 Å². The number of ether oxygens (including phenoxy) is 1. The minimum Gasteiger partial charge on any atom is -0.459 e. The van der Waals surface area contributed by atoms with E-state index in [1.54, 1.807) is 19.1 Å². The van der Waals surface area contributed by atoms with E-state index < -0.39 is 16.8 Å². The van der Waals surface area contributed by atoms with Crippen LogP contribution >= 0.6 is 22.9 Å². The Morgan fingerprint density at radius 1 is 1.48 bits per heavy atom. The van der Waals surface area contributed by atoms with Gasteiger partial charge < -0.3 is 10.1 Å². The van der Waals surface area contributed by atoms with E-state index in [0.29, 0.717) is 15.1 Å². The number of halogens is 1. The topological polar surface area (TPSA) is 98.5 Å². The number of esters is 1. The number of rotatable bonds is 3. The lowest BCUT2D eigenvalue weighted by atomic mass is 10.2. The molecule has 0 fully saturated rings. The van der Waals surface area contributed by atoms with Crippen LogP contribution in [0.5, 0.6) is 0 Å². The summed E-state index contributed by atoms with van der Waals surface area (Å²) in [4.78, 5) is 33.4. The number of nitrogens with zero attached hydrogens (tertiary/aromatic N) is 1. The molecule has 0 aliphatic carbocycles. The van der Waals surface area contributed by atoms with Gasteiger partial charge in [-0.3, -0.25) is 14.9 Å². The normalized spacial score (nSPS) is 10.4. The first-order valence-corrected chi connectivity index (χ1v) is 6.98. The largest absolute Gasteiger partial charge is 0.459 e. The van der Waals surface area contributed by atoms with Gasteiger partial charge in [0.25, 0.3) is 0 Å². The number of amides is 1. The van der Waals surface area contributed by atoms with E-state index in [1.165, 1.54) is 6.07 Å². The molecule has 21 heavy (non-hydrogen) atoms. The number of carbonyl (C=O) groups excluding carboxylic acids is 2. The van der Waals surface area contributed by atoms with Crippen LogP contribution in [0, 0.1) is 10.1 Å². The number of thiophene rings is 1. The highest BCUT2D eigenvalue weighted by atomic mass is 35.5. The molecule has 2 aromatic rings. The molecule has 0 atom stereocenters. The Hall–Kier alpha value is -2.19. The van der Waals surface area contributed by atoms with Gasteiger partial charge in [-0.05, 0) is 25.1 Å². The molecule has 0 aliphatic rings. The Labute approximate surface area is 127 Å². The summed E-state index contributed by atoms with van der Waals surface area (Å²) >= 11 is 6.74. The van der Waals surface area contributed by atoms with E-state index in [1.807, 2.05) is 0 Å². The van der Waals surface area contributed by atoms with E-state index in [2.05, 4.69) is 10.1 Å². The number of fused-ring (bicyclic) bond motifs is 1. The summed E-state index contributed by atoms with van der Waals surface area (Å²) in [6, 6.07) is 4.68. The molecule has 1 heterocycles. The number of carbonyl (C=O) groups is 2. The molecule has 0 aliphatic heterocycles. The number of nitrogens with one attached hydrogen (secondary N) is 1. The van der Waals surface area contributed by atoms with Crippen molar-refractivity contribution in [1.82, 2.24) is 0 Å². The zero-order valence-corrected chi connectivity index (χ0v) is 12.3. The lowest BCUT2D eigenvalue weighted by Crippen LogP contribution is -2.25. The minimum atomic E-state index is -1.10. The molecule has 1 N–H and O–H groups in total. The predicted octanol–water partition coefficient (Wildman–Crippen LogP) is 2.96. The minimum absolute atomic E-state index is 0.0323. The van der Waals surface area contributed by atoms with Crippen molar-refractivity contribution < 1.29 is 19.2 Å². The molecule has 0 saturated carbocycles. The first kappa shape index (κ1) is 15.2. The summed E-state index contributed by atoms with van der Waals surface area (Å²) in [7, 11) is 0. The Kier molecular flexibility index (Phi) is 4.39. The van der Waals surface area contributed by atoms with Gasteiger partial charge in [-0.1, -0.05) is 22.9 Å². The standard InChI is InChI=1S/C12H9ClN2O5S/c1-2-20-12(17)10(16)14-9-7-5-6(13)3-4-8(7)21-11(9)15(18)19/h3-5H,2H2,1H3,(H,14,16).